The molecule has 250 valence electrons. The van der Waals surface area contributed by atoms with E-state index in [4.69, 9.17) is 15.6 Å². The lowest BCUT2D eigenvalue weighted by Crippen LogP contribution is -2.58. The van der Waals surface area contributed by atoms with Gasteiger partial charge >= 0.3 is 12.1 Å². The summed E-state index contributed by atoms with van der Waals surface area (Å²) in [4.78, 5) is 75.4. The number of carboxylic acid groups (broad SMARTS) is 1. The van der Waals surface area contributed by atoms with Crippen molar-refractivity contribution in [1.29, 1.82) is 0 Å². The number of benzene rings is 1. The Morgan fingerprint density at radius 1 is 0.867 bits per heavy atom. The quantitative estimate of drug-likeness (QED) is 0.140. The van der Waals surface area contributed by atoms with Crippen LogP contribution in [0.4, 0.5) is 4.79 Å². The van der Waals surface area contributed by atoms with E-state index in [1.807, 2.05) is 13.8 Å². The molecule has 0 unspecified atom stereocenters. The maximum atomic E-state index is 13.7. The first-order chi connectivity index (χ1) is 20.9. The number of nitrogens with two attached hydrogens (primary N) is 1. The van der Waals surface area contributed by atoms with Crippen molar-refractivity contribution >= 4 is 35.7 Å². The van der Waals surface area contributed by atoms with Gasteiger partial charge in [0.05, 0.1) is 0 Å². The van der Waals surface area contributed by atoms with Gasteiger partial charge in [0, 0.05) is 25.0 Å². The molecule has 0 aliphatic heterocycles. The minimum absolute atomic E-state index is 0.0295. The average molecular weight is 632 g/mol. The normalized spacial score (nSPS) is 14.2. The summed E-state index contributed by atoms with van der Waals surface area (Å²) in [6.07, 6.45) is 1.56. The predicted molar refractivity (Wildman–Crippen MR) is 169 cm³/mol. The van der Waals surface area contributed by atoms with E-state index in [2.05, 4.69) is 21.3 Å². The number of primary amides is 1. The van der Waals surface area contributed by atoms with Gasteiger partial charge in [0.15, 0.2) is 0 Å². The zero-order valence-corrected chi connectivity index (χ0v) is 27.2. The Morgan fingerprint density at radius 2 is 1.44 bits per heavy atom. The van der Waals surface area contributed by atoms with Crippen molar-refractivity contribution in [2.75, 3.05) is 0 Å². The summed E-state index contributed by atoms with van der Waals surface area (Å²) in [5.74, 6) is -4.08. The molecule has 5 amide bonds. The van der Waals surface area contributed by atoms with Crippen molar-refractivity contribution < 1.29 is 38.6 Å². The van der Waals surface area contributed by atoms with E-state index in [0.29, 0.717) is 0 Å². The Morgan fingerprint density at radius 3 is 1.96 bits per heavy atom. The van der Waals surface area contributed by atoms with Crippen molar-refractivity contribution in [2.24, 2.45) is 17.6 Å². The van der Waals surface area contributed by atoms with Crippen LogP contribution < -0.4 is 27.0 Å². The predicted octanol–water partition coefficient (Wildman–Crippen LogP) is 2.19. The molecule has 0 aliphatic rings. The Balaban J connectivity index is 3.26. The molecule has 1 aromatic rings. The molecule has 0 saturated heterocycles. The van der Waals surface area contributed by atoms with Crippen LogP contribution in [-0.4, -0.2) is 70.6 Å². The van der Waals surface area contributed by atoms with Gasteiger partial charge < -0.3 is 36.8 Å². The lowest BCUT2D eigenvalue weighted by Gasteiger charge is -2.28. The standard InChI is InChI=1S/C32H49N5O8/c1-19(2)17-23(36-30(43)27(20(3)4)37-31(44)45-32(5,6)7)29(42)35-24(18-21-11-9-8-10-12-21)28(41)34-22(13-15-25(33)38)14-16-26(39)40/h8-12,14,16,19-20,22-24,27H,13,15,17-18H2,1-7H3,(H2,33,38)(H,34,41)(H,35,42)(H,36,43)(H,37,44)(H,39,40)/b16-14+/t22-,23-,24-,27-/m0/s1. The van der Waals surface area contributed by atoms with Crippen molar-refractivity contribution in [3.63, 3.8) is 0 Å². The number of carboxylic acids is 1. The van der Waals surface area contributed by atoms with Crippen molar-refractivity contribution in [3.8, 4) is 0 Å². The molecule has 1 rings (SSSR count). The van der Waals surface area contributed by atoms with E-state index >= 15 is 0 Å². The molecule has 7 N–H and O–H groups in total. The zero-order valence-electron chi connectivity index (χ0n) is 27.2. The van der Waals surface area contributed by atoms with Crippen LogP contribution in [-0.2, 0) is 35.1 Å². The van der Waals surface area contributed by atoms with Crippen LogP contribution in [0.15, 0.2) is 42.5 Å². The van der Waals surface area contributed by atoms with Gasteiger partial charge in [-0.2, -0.15) is 0 Å². The Labute approximate surface area is 265 Å². The minimum atomic E-state index is -1.24. The monoisotopic (exact) mass is 631 g/mol. The van der Waals surface area contributed by atoms with Crippen molar-refractivity contribution in [2.45, 2.75) is 104 Å². The summed E-state index contributed by atoms with van der Waals surface area (Å²) in [7, 11) is 0. The van der Waals surface area contributed by atoms with E-state index in [1.165, 1.54) is 6.08 Å². The highest BCUT2D eigenvalue weighted by molar-refractivity contribution is 5.94. The molecule has 0 aromatic heterocycles. The minimum Gasteiger partial charge on any atom is -0.478 e. The number of carbonyl (C=O) groups excluding carboxylic acids is 5. The molecule has 0 bridgehead atoms. The molecule has 0 fully saturated rings. The van der Waals surface area contributed by atoms with Gasteiger partial charge in [0.2, 0.25) is 23.6 Å². The lowest BCUT2D eigenvalue weighted by molar-refractivity contribution is -0.133. The first-order valence-electron chi connectivity index (χ1n) is 15.0. The molecule has 13 heteroatoms. The second-order valence-corrected chi connectivity index (χ2v) is 12.6. The van der Waals surface area contributed by atoms with Gasteiger partial charge in [-0.25, -0.2) is 9.59 Å². The van der Waals surface area contributed by atoms with E-state index in [0.717, 1.165) is 11.6 Å². The molecule has 0 heterocycles. The molecular formula is C32H49N5O8. The van der Waals surface area contributed by atoms with Crippen LogP contribution in [0.3, 0.4) is 0 Å². The topological polar surface area (TPSA) is 206 Å². The van der Waals surface area contributed by atoms with Crippen LogP contribution in [0.1, 0.15) is 73.3 Å². The molecular weight excluding hydrogens is 582 g/mol. The molecule has 45 heavy (non-hydrogen) atoms. The highest BCUT2D eigenvalue weighted by Gasteiger charge is 2.32. The number of amides is 5. The molecule has 0 saturated carbocycles. The number of hydrogen-bond donors (Lipinski definition) is 6. The lowest BCUT2D eigenvalue weighted by atomic mass is 9.99. The van der Waals surface area contributed by atoms with Gasteiger partial charge in [-0.15, -0.1) is 0 Å². The van der Waals surface area contributed by atoms with E-state index < -0.39 is 65.5 Å². The number of carbonyl (C=O) groups is 6. The van der Waals surface area contributed by atoms with Gasteiger partial charge in [-0.1, -0.05) is 64.1 Å². The third kappa shape index (κ3) is 16.3. The summed E-state index contributed by atoms with van der Waals surface area (Å²) in [6.45, 7) is 12.3. The Kier molecular flexibility index (Phi) is 15.8. The molecule has 0 radical (unpaired) electrons. The van der Waals surface area contributed by atoms with Crippen molar-refractivity contribution in [3.05, 3.63) is 48.0 Å². The number of alkyl carbamates (subject to hydrolysis) is 1. The summed E-state index contributed by atoms with van der Waals surface area (Å²) in [6, 6.07) is 4.90. The first-order valence-corrected chi connectivity index (χ1v) is 15.0. The fourth-order valence-corrected chi connectivity index (χ4v) is 4.26. The largest absolute Gasteiger partial charge is 0.478 e. The Bertz CT molecular complexity index is 1190. The summed E-state index contributed by atoms with van der Waals surface area (Å²) in [5, 5.41) is 19.8. The van der Waals surface area contributed by atoms with Crippen LogP contribution in [0.2, 0.25) is 0 Å². The number of hydrogen-bond acceptors (Lipinski definition) is 7. The Hall–Kier alpha value is -4.42. The third-order valence-electron chi connectivity index (χ3n) is 6.38. The van der Waals surface area contributed by atoms with Crippen LogP contribution >= 0.6 is 0 Å². The zero-order chi connectivity index (χ0) is 34.3. The van der Waals surface area contributed by atoms with Crippen LogP contribution in [0.25, 0.3) is 0 Å². The highest BCUT2D eigenvalue weighted by Crippen LogP contribution is 2.12. The van der Waals surface area contributed by atoms with Gasteiger partial charge in [0.25, 0.3) is 0 Å². The molecule has 0 aliphatic carbocycles. The van der Waals surface area contributed by atoms with Crippen molar-refractivity contribution in [1.82, 2.24) is 21.3 Å². The van der Waals surface area contributed by atoms with E-state index in [9.17, 15) is 28.8 Å². The smallest absolute Gasteiger partial charge is 0.408 e. The van der Waals surface area contributed by atoms with Gasteiger partial charge in [-0.05, 0) is 51.0 Å². The number of aliphatic carboxylic acids is 1. The maximum absolute atomic E-state index is 13.7. The first kappa shape index (κ1) is 38.6. The summed E-state index contributed by atoms with van der Waals surface area (Å²) in [5.41, 5.74) is 5.20. The fraction of sp³-hybridized carbons (Fsp3) is 0.562. The maximum Gasteiger partial charge on any atom is 0.408 e. The van der Waals surface area contributed by atoms with E-state index in [-0.39, 0.29) is 37.5 Å². The number of nitrogens with one attached hydrogen (secondary N) is 4. The van der Waals surface area contributed by atoms with Gasteiger partial charge in [0.1, 0.15) is 23.7 Å². The summed E-state index contributed by atoms with van der Waals surface area (Å²) >= 11 is 0. The highest BCUT2D eigenvalue weighted by atomic mass is 16.6. The van der Waals surface area contributed by atoms with Crippen LogP contribution in [0, 0.1) is 11.8 Å². The number of ether oxygens (including phenoxy) is 1. The van der Waals surface area contributed by atoms with E-state index in [1.54, 1.807) is 65.0 Å². The second-order valence-electron chi connectivity index (χ2n) is 12.6. The second kappa shape index (κ2) is 18.4. The SMILES string of the molecule is CC(C)C[C@H](NC(=O)[C@@H](NC(=O)OC(C)(C)C)C(C)C)C(=O)N[C@@H](Cc1ccccc1)C(=O)N[C@H](/C=C/C(=O)O)CCC(N)=O. The fourth-order valence-electron chi connectivity index (χ4n) is 4.26. The summed E-state index contributed by atoms with van der Waals surface area (Å²) < 4.78 is 5.30. The molecule has 1 aromatic carbocycles. The average Bonchev–Trinajstić information content (AvgIpc) is 2.91. The molecule has 0 spiro atoms. The third-order valence-corrected chi connectivity index (χ3v) is 6.38. The van der Waals surface area contributed by atoms with Gasteiger partial charge in [-0.3, -0.25) is 19.2 Å². The van der Waals surface area contributed by atoms with Crippen LogP contribution in [0.5, 0.6) is 0 Å². The molecule has 13 nitrogen and oxygen atoms in total. The molecule has 4 atom stereocenters. The number of rotatable bonds is 17.